The number of rotatable bonds is 5. The van der Waals surface area contributed by atoms with E-state index in [0.29, 0.717) is 34.3 Å². The molecular formula is C21H20O5. The molecule has 0 spiro atoms. The number of carbonyl (C=O) groups is 1. The van der Waals surface area contributed by atoms with E-state index < -0.39 is 17.5 Å². The molecule has 0 radical (unpaired) electrons. The van der Waals surface area contributed by atoms with Crippen LogP contribution in [0, 0.1) is 6.92 Å². The zero-order valence-electron chi connectivity index (χ0n) is 14.9. The van der Waals surface area contributed by atoms with Gasteiger partial charge in [0.25, 0.3) is 0 Å². The van der Waals surface area contributed by atoms with Gasteiger partial charge in [-0.25, -0.2) is 4.79 Å². The Balaban J connectivity index is 2.20. The van der Waals surface area contributed by atoms with Crippen molar-refractivity contribution in [3.63, 3.8) is 0 Å². The number of methoxy groups -OCH3 is 2. The van der Waals surface area contributed by atoms with Crippen molar-refractivity contribution in [2.24, 2.45) is 0 Å². The summed E-state index contributed by atoms with van der Waals surface area (Å²) in [4.78, 5) is 24.7. The number of fused-ring (bicyclic) bond motifs is 1. The van der Waals surface area contributed by atoms with Gasteiger partial charge in [0.15, 0.2) is 0 Å². The summed E-state index contributed by atoms with van der Waals surface area (Å²) in [6, 6.07) is 14.6. The van der Waals surface area contributed by atoms with Crippen LogP contribution in [0.1, 0.15) is 22.6 Å². The fraction of sp³-hybridized carbons (Fsp3) is 0.238. The minimum atomic E-state index is -0.609. The van der Waals surface area contributed by atoms with E-state index in [1.807, 2.05) is 37.3 Å². The lowest BCUT2D eigenvalue weighted by Crippen LogP contribution is -2.19. The molecule has 1 heterocycles. The quantitative estimate of drug-likeness (QED) is 0.518. The van der Waals surface area contributed by atoms with Crippen molar-refractivity contribution >= 4 is 16.9 Å². The Morgan fingerprint density at radius 2 is 1.85 bits per heavy atom. The molecule has 5 nitrogen and oxygen atoms in total. The standard InChI is InChI=1S/C21H20O5/c1-13-18(24-2)10-9-15-16(12-19(22)26-20(13)15)17(21(23)25-3)11-14-7-5-4-6-8-14/h4-10,12,17H,11H2,1-3H3/t17-/m0/s1. The topological polar surface area (TPSA) is 65.7 Å². The number of aryl methyl sites for hydroxylation is 1. The van der Waals surface area contributed by atoms with Gasteiger partial charge < -0.3 is 13.9 Å². The van der Waals surface area contributed by atoms with E-state index >= 15 is 0 Å². The van der Waals surface area contributed by atoms with Crippen LogP contribution in [-0.2, 0) is 16.0 Å². The minimum absolute atomic E-state index is 0.394. The van der Waals surface area contributed by atoms with Gasteiger partial charge in [-0.3, -0.25) is 4.79 Å². The first-order chi connectivity index (χ1) is 12.5. The second kappa shape index (κ2) is 7.44. The molecule has 3 rings (SSSR count). The molecule has 0 amide bonds. The zero-order chi connectivity index (χ0) is 18.7. The van der Waals surface area contributed by atoms with Crippen LogP contribution in [0.4, 0.5) is 0 Å². The molecule has 1 atom stereocenters. The van der Waals surface area contributed by atoms with Crippen molar-refractivity contribution < 1.29 is 18.7 Å². The third-order valence-electron chi connectivity index (χ3n) is 4.51. The summed E-state index contributed by atoms with van der Waals surface area (Å²) >= 11 is 0. The fourth-order valence-electron chi connectivity index (χ4n) is 3.19. The Bertz CT molecular complexity index is 988. The maximum atomic E-state index is 12.5. The van der Waals surface area contributed by atoms with Crippen LogP contribution in [0.25, 0.3) is 11.0 Å². The summed E-state index contributed by atoms with van der Waals surface area (Å²) < 4.78 is 15.7. The third-order valence-corrected chi connectivity index (χ3v) is 4.51. The van der Waals surface area contributed by atoms with Crippen molar-refractivity contribution in [1.29, 1.82) is 0 Å². The second-order valence-electron chi connectivity index (χ2n) is 6.06. The molecule has 0 aliphatic carbocycles. The van der Waals surface area contributed by atoms with E-state index in [0.717, 1.165) is 5.56 Å². The number of benzene rings is 2. The molecule has 0 fully saturated rings. The first kappa shape index (κ1) is 17.7. The zero-order valence-corrected chi connectivity index (χ0v) is 14.9. The van der Waals surface area contributed by atoms with Gasteiger partial charge in [0, 0.05) is 17.0 Å². The molecule has 0 bridgehead atoms. The molecule has 0 aliphatic heterocycles. The maximum absolute atomic E-state index is 12.5. The van der Waals surface area contributed by atoms with Crippen molar-refractivity contribution in [1.82, 2.24) is 0 Å². The summed E-state index contributed by atoms with van der Waals surface area (Å²) in [5, 5.41) is 0.703. The van der Waals surface area contributed by atoms with Gasteiger partial charge in [-0.15, -0.1) is 0 Å². The molecule has 0 N–H and O–H groups in total. The Morgan fingerprint density at radius 3 is 2.50 bits per heavy atom. The van der Waals surface area contributed by atoms with Gasteiger partial charge in [-0.1, -0.05) is 30.3 Å². The highest BCUT2D eigenvalue weighted by Crippen LogP contribution is 2.33. The van der Waals surface area contributed by atoms with E-state index in [9.17, 15) is 9.59 Å². The van der Waals surface area contributed by atoms with Crippen LogP contribution >= 0.6 is 0 Å². The average molecular weight is 352 g/mol. The van der Waals surface area contributed by atoms with Gasteiger partial charge in [0.05, 0.1) is 20.1 Å². The van der Waals surface area contributed by atoms with Crippen molar-refractivity contribution in [2.75, 3.05) is 14.2 Å². The molecule has 3 aromatic rings. The van der Waals surface area contributed by atoms with E-state index in [4.69, 9.17) is 13.9 Å². The number of hydrogen-bond acceptors (Lipinski definition) is 5. The summed E-state index contributed by atoms with van der Waals surface area (Å²) in [6.45, 7) is 1.82. The van der Waals surface area contributed by atoms with Gasteiger partial charge in [-0.2, -0.15) is 0 Å². The van der Waals surface area contributed by atoms with E-state index in [1.54, 1.807) is 19.2 Å². The van der Waals surface area contributed by atoms with E-state index in [2.05, 4.69) is 0 Å². The molecule has 0 unspecified atom stereocenters. The predicted molar refractivity (Wildman–Crippen MR) is 98.7 cm³/mol. The molecule has 26 heavy (non-hydrogen) atoms. The summed E-state index contributed by atoms with van der Waals surface area (Å²) in [5.74, 6) is -0.383. The van der Waals surface area contributed by atoms with Crippen molar-refractivity contribution in [3.8, 4) is 5.75 Å². The first-order valence-electron chi connectivity index (χ1n) is 8.28. The summed E-state index contributed by atoms with van der Waals surface area (Å²) in [6.07, 6.45) is 0.428. The van der Waals surface area contributed by atoms with Crippen LogP contribution < -0.4 is 10.4 Å². The van der Waals surface area contributed by atoms with Crippen LogP contribution in [0.3, 0.4) is 0 Å². The maximum Gasteiger partial charge on any atom is 0.336 e. The highest BCUT2D eigenvalue weighted by Gasteiger charge is 2.26. The molecule has 5 heteroatoms. The van der Waals surface area contributed by atoms with Crippen molar-refractivity contribution in [2.45, 2.75) is 19.3 Å². The van der Waals surface area contributed by atoms with E-state index in [1.165, 1.54) is 13.2 Å². The number of ether oxygens (including phenoxy) is 2. The minimum Gasteiger partial charge on any atom is -0.496 e. The third kappa shape index (κ3) is 3.33. The van der Waals surface area contributed by atoms with Crippen molar-refractivity contribution in [3.05, 3.63) is 75.6 Å². The van der Waals surface area contributed by atoms with Gasteiger partial charge in [0.2, 0.25) is 0 Å². The van der Waals surface area contributed by atoms with Crippen LogP contribution in [0.5, 0.6) is 5.75 Å². The first-order valence-corrected chi connectivity index (χ1v) is 8.28. The molecule has 1 aromatic heterocycles. The predicted octanol–water partition coefficient (Wildman–Crippen LogP) is 3.61. The molecular weight excluding hydrogens is 332 g/mol. The highest BCUT2D eigenvalue weighted by atomic mass is 16.5. The monoisotopic (exact) mass is 352 g/mol. The average Bonchev–Trinajstić information content (AvgIpc) is 2.66. The smallest absolute Gasteiger partial charge is 0.336 e. The lowest BCUT2D eigenvalue weighted by Gasteiger charge is -2.17. The lowest BCUT2D eigenvalue weighted by molar-refractivity contribution is -0.142. The van der Waals surface area contributed by atoms with Gasteiger partial charge in [-0.05, 0) is 36.6 Å². The largest absolute Gasteiger partial charge is 0.496 e. The van der Waals surface area contributed by atoms with Gasteiger partial charge in [0.1, 0.15) is 11.3 Å². The second-order valence-corrected chi connectivity index (χ2v) is 6.06. The Labute approximate surface area is 151 Å². The molecule has 134 valence electrons. The van der Waals surface area contributed by atoms with Gasteiger partial charge >= 0.3 is 11.6 Å². The fourth-order valence-corrected chi connectivity index (χ4v) is 3.19. The van der Waals surface area contributed by atoms with Crippen LogP contribution in [-0.4, -0.2) is 20.2 Å². The van der Waals surface area contributed by atoms with Crippen LogP contribution in [0.2, 0.25) is 0 Å². The normalized spacial score (nSPS) is 12.0. The Hall–Kier alpha value is -3.08. The lowest BCUT2D eigenvalue weighted by atomic mass is 9.89. The van der Waals surface area contributed by atoms with E-state index in [-0.39, 0.29) is 0 Å². The number of hydrogen-bond donors (Lipinski definition) is 0. The molecule has 0 saturated carbocycles. The molecule has 0 aliphatic rings. The number of carbonyl (C=O) groups excluding carboxylic acids is 1. The molecule has 0 saturated heterocycles. The summed E-state index contributed by atoms with van der Waals surface area (Å²) in [7, 11) is 2.91. The molecule has 2 aromatic carbocycles. The SMILES string of the molecule is COC(=O)[C@@H](Cc1ccccc1)c1cc(=O)oc2c(C)c(OC)ccc12. The van der Waals surface area contributed by atoms with Crippen LogP contribution in [0.15, 0.2) is 57.7 Å². The number of esters is 1. The Kier molecular flexibility index (Phi) is 5.07. The highest BCUT2D eigenvalue weighted by molar-refractivity contribution is 5.90. The Morgan fingerprint density at radius 1 is 1.12 bits per heavy atom. The summed E-state index contributed by atoms with van der Waals surface area (Å²) in [5.41, 5.74) is 2.21.